The van der Waals surface area contributed by atoms with E-state index in [-0.39, 0.29) is 30.1 Å². The molecule has 3 rings (SSSR count). The molecule has 1 atom stereocenters. The Morgan fingerprint density at radius 1 is 1.35 bits per heavy atom. The summed E-state index contributed by atoms with van der Waals surface area (Å²) in [6.45, 7) is 3.64. The zero-order valence-electron chi connectivity index (χ0n) is 14.2. The molecule has 0 radical (unpaired) electrons. The van der Waals surface area contributed by atoms with Gasteiger partial charge < -0.3 is 16.0 Å². The quantitative estimate of drug-likeness (QED) is 0.748. The Labute approximate surface area is 148 Å². The van der Waals surface area contributed by atoms with Crippen molar-refractivity contribution in [2.45, 2.75) is 38.9 Å². The highest BCUT2D eigenvalue weighted by atomic mass is 19.4. The predicted molar refractivity (Wildman–Crippen MR) is 92.5 cm³/mol. The highest BCUT2D eigenvalue weighted by Gasteiger charge is 2.35. The van der Waals surface area contributed by atoms with Crippen LogP contribution in [0.5, 0.6) is 0 Å². The van der Waals surface area contributed by atoms with Crippen LogP contribution in [0.2, 0.25) is 0 Å². The number of nitrogens with zero attached hydrogens (tertiary/aromatic N) is 2. The van der Waals surface area contributed by atoms with E-state index in [2.05, 4.69) is 25.9 Å². The number of halogens is 3. The van der Waals surface area contributed by atoms with Crippen LogP contribution in [0, 0.1) is 0 Å². The van der Waals surface area contributed by atoms with Crippen molar-refractivity contribution in [3.8, 4) is 0 Å². The van der Waals surface area contributed by atoms with Gasteiger partial charge in [0.25, 0.3) is 0 Å². The Balaban J connectivity index is 1.87. The monoisotopic (exact) mass is 365 g/mol. The van der Waals surface area contributed by atoms with E-state index < -0.39 is 11.7 Å². The number of carbonyl (C=O) groups excluding carboxylic acids is 1. The first-order chi connectivity index (χ1) is 12.3. The standard InChI is InChI=1S/C17H18F3N5O/c1-3-9(2)22-15-12(17(18,19)20)8-21-16(25-15)23-11-4-5-13-10(6-11)7-14(26)24-13/h4-6,8-9H,3,7H2,1-2H3,(H,24,26)(H2,21,22,23,25). The summed E-state index contributed by atoms with van der Waals surface area (Å²) in [6, 6.07) is 5.00. The van der Waals surface area contributed by atoms with Crippen molar-refractivity contribution in [3.05, 3.63) is 35.5 Å². The average Bonchev–Trinajstić information content (AvgIpc) is 2.93. The molecule has 1 aromatic heterocycles. The Kier molecular flexibility index (Phi) is 4.71. The summed E-state index contributed by atoms with van der Waals surface area (Å²) in [5.74, 6) is -0.314. The van der Waals surface area contributed by atoms with Crippen LogP contribution in [0.3, 0.4) is 0 Å². The van der Waals surface area contributed by atoms with Gasteiger partial charge in [0, 0.05) is 23.6 Å². The zero-order valence-corrected chi connectivity index (χ0v) is 14.2. The number of fused-ring (bicyclic) bond motifs is 1. The highest BCUT2D eigenvalue weighted by Crippen LogP contribution is 2.34. The van der Waals surface area contributed by atoms with Gasteiger partial charge in [-0.05, 0) is 37.1 Å². The molecular formula is C17H18F3N5O. The molecule has 26 heavy (non-hydrogen) atoms. The Morgan fingerprint density at radius 2 is 2.12 bits per heavy atom. The van der Waals surface area contributed by atoms with Crippen molar-refractivity contribution in [1.29, 1.82) is 0 Å². The first-order valence-corrected chi connectivity index (χ1v) is 8.17. The molecule has 1 amide bonds. The lowest BCUT2D eigenvalue weighted by Gasteiger charge is -2.18. The second kappa shape index (κ2) is 6.81. The molecule has 2 aromatic rings. The first-order valence-electron chi connectivity index (χ1n) is 8.17. The van der Waals surface area contributed by atoms with E-state index in [1.807, 2.05) is 6.92 Å². The number of anilines is 4. The largest absolute Gasteiger partial charge is 0.421 e. The third-order valence-electron chi connectivity index (χ3n) is 4.08. The number of carbonyl (C=O) groups is 1. The third-order valence-corrected chi connectivity index (χ3v) is 4.08. The second-order valence-corrected chi connectivity index (χ2v) is 6.13. The Bertz CT molecular complexity index is 838. The molecule has 0 aliphatic carbocycles. The molecule has 0 fully saturated rings. The molecule has 0 saturated heterocycles. The van der Waals surface area contributed by atoms with Gasteiger partial charge in [-0.1, -0.05) is 6.92 Å². The molecule has 1 unspecified atom stereocenters. The summed E-state index contributed by atoms with van der Waals surface area (Å²) in [7, 11) is 0. The number of hydrogen-bond donors (Lipinski definition) is 3. The number of aromatic nitrogens is 2. The molecular weight excluding hydrogens is 347 g/mol. The van der Waals surface area contributed by atoms with Crippen LogP contribution >= 0.6 is 0 Å². The molecule has 9 heteroatoms. The normalized spacial score (nSPS) is 14.6. The summed E-state index contributed by atoms with van der Waals surface area (Å²) < 4.78 is 39.5. The zero-order chi connectivity index (χ0) is 18.9. The molecule has 0 bridgehead atoms. The highest BCUT2D eigenvalue weighted by molar-refractivity contribution is 5.99. The number of rotatable bonds is 5. The average molecular weight is 365 g/mol. The van der Waals surface area contributed by atoms with Crippen molar-refractivity contribution in [3.63, 3.8) is 0 Å². The van der Waals surface area contributed by atoms with Gasteiger partial charge in [-0.15, -0.1) is 0 Å². The minimum atomic E-state index is -4.55. The maximum absolute atomic E-state index is 13.2. The molecule has 1 aromatic carbocycles. The van der Waals surface area contributed by atoms with Crippen molar-refractivity contribution in [2.24, 2.45) is 0 Å². The number of hydrogen-bond acceptors (Lipinski definition) is 5. The summed E-state index contributed by atoms with van der Waals surface area (Å²) in [5.41, 5.74) is 1.22. The second-order valence-electron chi connectivity index (χ2n) is 6.13. The lowest BCUT2D eigenvalue weighted by Crippen LogP contribution is -2.20. The molecule has 138 valence electrons. The lowest BCUT2D eigenvalue weighted by molar-refractivity contribution is -0.137. The van der Waals surface area contributed by atoms with Crippen LogP contribution in [0.25, 0.3) is 0 Å². The number of amides is 1. The van der Waals surface area contributed by atoms with Gasteiger partial charge in [0.05, 0.1) is 6.42 Å². The minimum Gasteiger partial charge on any atom is -0.367 e. The molecule has 1 aliphatic heterocycles. The number of nitrogens with one attached hydrogen (secondary N) is 3. The minimum absolute atomic E-state index is 0.0426. The van der Waals surface area contributed by atoms with E-state index in [0.29, 0.717) is 12.1 Å². The number of benzene rings is 1. The smallest absolute Gasteiger partial charge is 0.367 e. The fraction of sp³-hybridized carbons (Fsp3) is 0.353. The summed E-state index contributed by atoms with van der Waals surface area (Å²) in [5, 5.41) is 8.38. The molecule has 1 aliphatic rings. The lowest BCUT2D eigenvalue weighted by atomic mass is 10.1. The fourth-order valence-electron chi connectivity index (χ4n) is 2.53. The summed E-state index contributed by atoms with van der Waals surface area (Å²) in [6.07, 6.45) is -2.87. The SMILES string of the molecule is CCC(C)Nc1nc(Nc2ccc3c(c2)CC(=O)N3)ncc1C(F)(F)F. The van der Waals surface area contributed by atoms with Crippen LogP contribution in [-0.2, 0) is 17.4 Å². The van der Waals surface area contributed by atoms with E-state index in [1.165, 1.54) is 0 Å². The van der Waals surface area contributed by atoms with Gasteiger partial charge in [0.1, 0.15) is 11.4 Å². The Morgan fingerprint density at radius 3 is 2.81 bits per heavy atom. The van der Waals surface area contributed by atoms with E-state index in [1.54, 1.807) is 25.1 Å². The van der Waals surface area contributed by atoms with Gasteiger partial charge >= 0.3 is 6.18 Å². The topological polar surface area (TPSA) is 78.9 Å². The molecule has 6 nitrogen and oxygen atoms in total. The van der Waals surface area contributed by atoms with Crippen molar-refractivity contribution in [1.82, 2.24) is 9.97 Å². The van der Waals surface area contributed by atoms with Crippen molar-refractivity contribution in [2.75, 3.05) is 16.0 Å². The van der Waals surface area contributed by atoms with Crippen molar-refractivity contribution >= 4 is 29.0 Å². The third kappa shape index (κ3) is 3.87. The van der Waals surface area contributed by atoms with Crippen LogP contribution in [0.4, 0.5) is 36.3 Å². The van der Waals surface area contributed by atoms with E-state index in [0.717, 1.165) is 17.4 Å². The van der Waals surface area contributed by atoms with Crippen LogP contribution in [0.15, 0.2) is 24.4 Å². The van der Waals surface area contributed by atoms with Crippen LogP contribution < -0.4 is 16.0 Å². The van der Waals surface area contributed by atoms with Gasteiger partial charge in [-0.2, -0.15) is 18.2 Å². The van der Waals surface area contributed by atoms with E-state index in [4.69, 9.17) is 0 Å². The summed E-state index contributed by atoms with van der Waals surface area (Å²) in [4.78, 5) is 19.2. The van der Waals surface area contributed by atoms with Crippen LogP contribution in [0.1, 0.15) is 31.4 Å². The molecule has 2 heterocycles. The van der Waals surface area contributed by atoms with Gasteiger partial charge in [0.15, 0.2) is 0 Å². The molecule has 0 spiro atoms. The molecule has 3 N–H and O–H groups in total. The molecule has 0 saturated carbocycles. The maximum atomic E-state index is 13.2. The predicted octanol–water partition coefficient (Wildman–Crippen LogP) is 3.94. The van der Waals surface area contributed by atoms with Gasteiger partial charge in [0.2, 0.25) is 11.9 Å². The van der Waals surface area contributed by atoms with E-state index >= 15 is 0 Å². The summed E-state index contributed by atoms with van der Waals surface area (Å²) >= 11 is 0. The maximum Gasteiger partial charge on any atom is 0.421 e. The van der Waals surface area contributed by atoms with Gasteiger partial charge in [-0.25, -0.2) is 4.98 Å². The fourth-order valence-corrected chi connectivity index (χ4v) is 2.53. The first kappa shape index (κ1) is 18.0. The Hall–Kier alpha value is -2.84. The van der Waals surface area contributed by atoms with Gasteiger partial charge in [-0.3, -0.25) is 4.79 Å². The van der Waals surface area contributed by atoms with Crippen LogP contribution in [-0.4, -0.2) is 21.9 Å². The number of alkyl halides is 3. The van der Waals surface area contributed by atoms with E-state index in [9.17, 15) is 18.0 Å². The van der Waals surface area contributed by atoms with Crippen molar-refractivity contribution < 1.29 is 18.0 Å².